The van der Waals surface area contributed by atoms with Gasteiger partial charge in [-0.15, -0.1) is 0 Å². The summed E-state index contributed by atoms with van der Waals surface area (Å²) in [5, 5.41) is 0. The minimum Gasteiger partial charge on any atom is -0.497 e. The van der Waals surface area contributed by atoms with E-state index in [1.807, 2.05) is 31.2 Å². The van der Waals surface area contributed by atoms with Gasteiger partial charge in [-0.2, -0.15) is 0 Å². The highest BCUT2D eigenvalue weighted by atomic mass is 79.9. The summed E-state index contributed by atoms with van der Waals surface area (Å²) in [6, 6.07) is 11.1. The maximum Gasteiger partial charge on any atom is 0.336 e. The Morgan fingerprint density at radius 2 is 1.51 bits per heavy atom. The van der Waals surface area contributed by atoms with Crippen molar-refractivity contribution in [3.8, 4) is 17.2 Å². The number of esters is 2. The number of rotatable bonds is 9. The van der Waals surface area contributed by atoms with Crippen LogP contribution in [0.25, 0.3) is 0 Å². The highest BCUT2D eigenvalue weighted by molar-refractivity contribution is 9.10. The van der Waals surface area contributed by atoms with Crippen LogP contribution in [0, 0.1) is 0 Å². The monoisotopic (exact) mass is 545 g/mol. The number of carbonyl (C=O) groups excluding carboxylic acids is 2. The molecule has 1 aliphatic heterocycles. The first-order valence-electron chi connectivity index (χ1n) is 10.9. The van der Waals surface area contributed by atoms with Crippen LogP contribution in [0.5, 0.6) is 17.2 Å². The summed E-state index contributed by atoms with van der Waals surface area (Å²) in [6.07, 6.45) is 3.37. The first-order valence-corrected chi connectivity index (χ1v) is 11.6. The summed E-state index contributed by atoms with van der Waals surface area (Å²) in [5.74, 6) is -0.142. The predicted molar refractivity (Wildman–Crippen MR) is 133 cm³/mol. The molecule has 0 atom stereocenters. The van der Waals surface area contributed by atoms with Gasteiger partial charge in [-0.25, -0.2) is 9.59 Å². The van der Waals surface area contributed by atoms with E-state index in [-0.39, 0.29) is 11.1 Å². The van der Waals surface area contributed by atoms with Gasteiger partial charge < -0.3 is 28.6 Å². The standard InChI is InChI=1S/C26H28BrNO7/c1-6-35-24-21(27)11-17(12-22(24)32-3)23-19(25(29)33-4)14-28(15-20(23)26(30)34-5)13-16-7-9-18(31-2)10-8-16/h7-12,14-15,23H,6,13H2,1-5H3. The highest BCUT2D eigenvalue weighted by Crippen LogP contribution is 2.44. The van der Waals surface area contributed by atoms with Crippen molar-refractivity contribution in [1.82, 2.24) is 4.90 Å². The molecule has 0 spiro atoms. The number of benzene rings is 2. The molecule has 1 heterocycles. The minimum absolute atomic E-state index is 0.280. The van der Waals surface area contributed by atoms with Gasteiger partial charge in [0.2, 0.25) is 0 Å². The molecule has 0 radical (unpaired) electrons. The summed E-state index contributed by atoms with van der Waals surface area (Å²) in [5.41, 5.74) is 2.15. The lowest BCUT2D eigenvalue weighted by atomic mass is 9.83. The molecular weight excluding hydrogens is 518 g/mol. The van der Waals surface area contributed by atoms with Crippen LogP contribution in [-0.2, 0) is 25.6 Å². The molecule has 0 saturated heterocycles. The maximum atomic E-state index is 12.9. The van der Waals surface area contributed by atoms with Gasteiger partial charge in [-0.3, -0.25) is 0 Å². The van der Waals surface area contributed by atoms with E-state index in [1.165, 1.54) is 21.3 Å². The molecule has 8 nitrogen and oxygen atoms in total. The zero-order chi connectivity index (χ0) is 25.5. The van der Waals surface area contributed by atoms with Gasteiger partial charge in [0.05, 0.1) is 56.6 Å². The molecule has 0 bridgehead atoms. The largest absolute Gasteiger partial charge is 0.497 e. The second-order valence-corrected chi connectivity index (χ2v) is 8.43. The molecule has 35 heavy (non-hydrogen) atoms. The number of hydrogen-bond acceptors (Lipinski definition) is 8. The van der Waals surface area contributed by atoms with Crippen molar-refractivity contribution >= 4 is 27.9 Å². The topological polar surface area (TPSA) is 83.5 Å². The third kappa shape index (κ3) is 5.79. The van der Waals surface area contributed by atoms with Gasteiger partial charge in [0.25, 0.3) is 0 Å². The Balaban J connectivity index is 2.11. The zero-order valence-electron chi connectivity index (χ0n) is 20.3. The van der Waals surface area contributed by atoms with Crippen LogP contribution >= 0.6 is 15.9 Å². The van der Waals surface area contributed by atoms with Crippen molar-refractivity contribution in [3.63, 3.8) is 0 Å². The number of carbonyl (C=O) groups is 2. The number of methoxy groups -OCH3 is 4. The fourth-order valence-corrected chi connectivity index (χ4v) is 4.45. The van der Waals surface area contributed by atoms with Crippen LogP contribution in [0.1, 0.15) is 24.0 Å². The summed E-state index contributed by atoms with van der Waals surface area (Å²) in [7, 11) is 5.74. The van der Waals surface area contributed by atoms with Crippen molar-refractivity contribution in [1.29, 1.82) is 0 Å². The fraction of sp³-hybridized carbons (Fsp3) is 0.308. The van der Waals surface area contributed by atoms with Crippen LogP contribution < -0.4 is 14.2 Å². The molecule has 2 aromatic carbocycles. The summed E-state index contributed by atoms with van der Waals surface area (Å²) in [4.78, 5) is 27.6. The van der Waals surface area contributed by atoms with E-state index in [0.717, 1.165) is 11.3 Å². The molecule has 0 fully saturated rings. The Labute approximate surface area is 213 Å². The first-order chi connectivity index (χ1) is 16.9. The molecule has 3 rings (SSSR count). The van der Waals surface area contributed by atoms with Gasteiger partial charge in [0, 0.05) is 18.9 Å². The quantitative estimate of drug-likeness (QED) is 0.423. The molecule has 186 valence electrons. The SMILES string of the molecule is CCOc1c(Br)cc(C2C(C(=O)OC)=CN(Cc3ccc(OC)cc3)C=C2C(=O)OC)cc1OC. The van der Waals surface area contributed by atoms with Gasteiger partial charge in [0.1, 0.15) is 5.75 Å². The van der Waals surface area contributed by atoms with E-state index in [4.69, 9.17) is 23.7 Å². The molecule has 2 aromatic rings. The number of nitrogens with zero attached hydrogens (tertiary/aromatic N) is 1. The molecule has 0 saturated carbocycles. The Bertz CT molecular complexity index is 1110. The fourth-order valence-electron chi connectivity index (χ4n) is 3.87. The third-order valence-electron chi connectivity index (χ3n) is 5.47. The van der Waals surface area contributed by atoms with E-state index in [1.54, 1.807) is 36.5 Å². The molecule has 0 amide bonds. The average Bonchev–Trinajstić information content (AvgIpc) is 2.88. The van der Waals surface area contributed by atoms with Crippen molar-refractivity contribution < 1.29 is 33.3 Å². The lowest BCUT2D eigenvalue weighted by molar-refractivity contribution is -0.137. The smallest absolute Gasteiger partial charge is 0.336 e. The van der Waals surface area contributed by atoms with Gasteiger partial charge >= 0.3 is 11.9 Å². The van der Waals surface area contributed by atoms with Crippen LogP contribution in [0.15, 0.2) is 64.4 Å². The molecule has 0 aliphatic carbocycles. The van der Waals surface area contributed by atoms with Crippen molar-refractivity contribution in [2.45, 2.75) is 19.4 Å². The van der Waals surface area contributed by atoms with E-state index in [0.29, 0.717) is 34.7 Å². The van der Waals surface area contributed by atoms with Crippen molar-refractivity contribution in [2.24, 2.45) is 0 Å². The summed E-state index contributed by atoms with van der Waals surface area (Å²) < 4.78 is 27.2. The first kappa shape index (κ1) is 26.2. The van der Waals surface area contributed by atoms with E-state index in [2.05, 4.69) is 15.9 Å². The van der Waals surface area contributed by atoms with Gasteiger partial charge in [-0.1, -0.05) is 12.1 Å². The minimum atomic E-state index is -0.747. The second kappa shape index (κ2) is 11.8. The number of hydrogen-bond donors (Lipinski definition) is 0. The molecule has 9 heteroatoms. The van der Waals surface area contributed by atoms with Crippen LogP contribution in [0.2, 0.25) is 0 Å². The van der Waals surface area contributed by atoms with Crippen LogP contribution in [-0.4, -0.2) is 51.9 Å². The molecule has 0 aromatic heterocycles. The van der Waals surface area contributed by atoms with E-state index >= 15 is 0 Å². The zero-order valence-corrected chi connectivity index (χ0v) is 21.9. The van der Waals surface area contributed by atoms with Crippen LogP contribution in [0.4, 0.5) is 0 Å². The number of ether oxygens (including phenoxy) is 5. The predicted octanol–water partition coefficient (Wildman–Crippen LogP) is 4.58. The number of halogens is 1. The van der Waals surface area contributed by atoms with Crippen molar-refractivity contribution in [3.05, 3.63) is 75.5 Å². The molecule has 0 unspecified atom stereocenters. The lowest BCUT2D eigenvalue weighted by Crippen LogP contribution is -2.28. The van der Waals surface area contributed by atoms with E-state index < -0.39 is 17.9 Å². The maximum absolute atomic E-state index is 12.9. The van der Waals surface area contributed by atoms with Crippen LogP contribution in [0.3, 0.4) is 0 Å². The summed E-state index contributed by atoms with van der Waals surface area (Å²) in [6.45, 7) is 2.72. The average molecular weight is 546 g/mol. The Kier molecular flexibility index (Phi) is 8.81. The van der Waals surface area contributed by atoms with Crippen molar-refractivity contribution in [2.75, 3.05) is 35.0 Å². The molecular formula is C26H28BrNO7. The third-order valence-corrected chi connectivity index (χ3v) is 6.06. The molecule has 0 N–H and O–H groups in total. The molecule has 1 aliphatic rings. The van der Waals surface area contributed by atoms with E-state index in [9.17, 15) is 9.59 Å². The Morgan fingerprint density at radius 3 is 2.00 bits per heavy atom. The normalized spacial score (nSPS) is 13.5. The Morgan fingerprint density at radius 1 is 0.914 bits per heavy atom. The highest BCUT2D eigenvalue weighted by Gasteiger charge is 2.36. The Hall–Kier alpha value is -3.46. The van der Waals surface area contributed by atoms with Gasteiger partial charge in [-0.05, 0) is 58.2 Å². The summed E-state index contributed by atoms with van der Waals surface area (Å²) >= 11 is 3.53. The lowest BCUT2D eigenvalue weighted by Gasteiger charge is -2.30. The second-order valence-electron chi connectivity index (χ2n) is 7.57. The van der Waals surface area contributed by atoms with Gasteiger partial charge in [0.15, 0.2) is 11.5 Å².